The van der Waals surface area contributed by atoms with Crippen molar-refractivity contribution in [1.29, 1.82) is 0 Å². The van der Waals surface area contributed by atoms with Gasteiger partial charge in [-0.3, -0.25) is 4.90 Å². The van der Waals surface area contributed by atoms with Crippen LogP contribution in [0.5, 0.6) is 11.5 Å². The minimum atomic E-state index is -0.0842. The number of aromatic hydroxyl groups is 2. The maximum Gasteiger partial charge on any atom is 0.157 e. The third-order valence-electron chi connectivity index (χ3n) is 5.27. The number of piperidine rings is 1. The van der Waals surface area contributed by atoms with Crippen LogP contribution in [0.3, 0.4) is 0 Å². The molecular formula is C21H23ClN4O2. The van der Waals surface area contributed by atoms with E-state index in [9.17, 15) is 10.2 Å². The smallest absolute Gasteiger partial charge is 0.157 e. The highest BCUT2D eigenvalue weighted by Gasteiger charge is 2.21. The monoisotopic (exact) mass is 398 g/mol. The molecule has 0 spiro atoms. The van der Waals surface area contributed by atoms with Gasteiger partial charge in [-0.1, -0.05) is 17.7 Å². The van der Waals surface area contributed by atoms with Crippen LogP contribution in [0, 0.1) is 6.92 Å². The van der Waals surface area contributed by atoms with Crippen LogP contribution in [0.25, 0.3) is 10.9 Å². The van der Waals surface area contributed by atoms with Crippen LogP contribution in [0.2, 0.25) is 5.02 Å². The summed E-state index contributed by atoms with van der Waals surface area (Å²) in [6.07, 6.45) is 3.59. The number of hydrogen-bond acceptors (Lipinski definition) is 6. The number of nitrogens with zero attached hydrogens (tertiary/aromatic N) is 3. The first-order chi connectivity index (χ1) is 13.5. The fourth-order valence-corrected chi connectivity index (χ4v) is 4.04. The van der Waals surface area contributed by atoms with Crippen LogP contribution in [0.4, 0.5) is 5.82 Å². The van der Waals surface area contributed by atoms with Crippen molar-refractivity contribution in [3.8, 4) is 11.5 Å². The number of nitrogens with one attached hydrogen (secondary N) is 1. The number of fused-ring (bicyclic) bond motifs is 1. The van der Waals surface area contributed by atoms with E-state index in [0.717, 1.165) is 60.3 Å². The molecule has 2 aromatic carbocycles. The van der Waals surface area contributed by atoms with E-state index in [0.29, 0.717) is 11.1 Å². The van der Waals surface area contributed by atoms with E-state index in [1.165, 1.54) is 6.07 Å². The van der Waals surface area contributed by atoms with Gasteiger partial charge in [-0.25, -0.2) is 9.97 Å². The average molecular weight is 399 g/mol. The van der Waals surface area contributed by atoms with Crippen molar-refractivity contribution in [1.82, 2.24) is 14.9 Å². The van der Waals surface area contributed by atoms with E-state index in [2.05, 4.69) is 20.2 Å². The standard InChI is InChI=1S/C21H23ClN4O2/c1-13-8-15(22)10-17-20(13)23-12-24-21(17)25-16-4-6-26(7-5-16)11-14-2-3-18(27)19(28)9-14/h2-3,8-10,12,16,27-28H,4-7,11H2,1H3,(H,23,24,25). The molecule has 1 fully saturated rings. The Labute approximate surface area is 168 Å². The number of hydrogen-bond donors (Lipinski definition) is 3. The van der Waals surface area contributed by atoms with Gasteiger partial charge in [-0.15, -0.1) is 0 Å². The first-order valence-corrected chi connectivity index (χ1v) is 9.78. The molecule has 28 heavy (non-hydrogen) atoms. The Morgan fingerprint density at radius 2 is 1.89 bits per heavy atom. The quantitative estimate of drug-likeness (QED) is 0.574. The maximum absolute atomic E-state index is 9.66. The minimum Gasteiger partial charge on any atom is -0.504 e. The second kappa shape index (κ2) is 7.81. The van der Waals surface area contributed by atoms with Crippen LogP contribution in [-0.4, -0.2) is 44.2 Å². The molecule has 1 aliphatic heterocycles. The van der Waals surface area contributed by atoms with Crippen LogP contribution in [-0.2, 0) is 6.54 Å². The molecule has 0 atom stereocenters. The van der Waals surface area contributed by atoms with E-state index in [-0.39, 0.29) is 11.5 Å². The summed E-state index contributed by atoms with van der Waals surface area (Å²) >= 11 is 6.23. The van der Waals surface area contributed by atoms with Gasteiger partial charge < -0.3 is 15.5 Å². The van der Waals surface area contributed by atoms with Crippen molar-refractivity contribution < 1.29 is 10.2 Å². The van der Waals surface area contributed by atoms with Crippen LogP contribution >= 0.6 is 11.6 Å². The number of likely N-dealkylation sites (tertiary alicyclic amines) is 1. The molecule has 0 radical (unpaired) electrons. The summed E-state index contributed by atoms with van der Waals surface area (Å²) < 4.78 is 0. The van der Waals surface area contributed by atoms with E-state index < -0.39 is 0 Å². The van der Waals surface area contributed by atoms with Crippen molar-refractivity contribution >= 4 is 28.3 Å². The highest BCUT2D eigenvalue weighted by Crippen LogP contribution is 2.29. The molecule has 146 valence electrons. The molecule has 7 heteroatoms. The molecule has 2 heterocycles. The van der Waals surface area contributed by atoms with Crippen molar-refractivity contribution in [2.24, 2.45) is 0 Å². The average Bonchev–Trinajstić information content (AvgIpc) is 2.67. The molecule has 0 unspecified atom stereocenters. The highest BCUT2D eigenvalue weighted by molar-refractivity contribution is 6.31. The lowest BCUT2D eigenvalue weighted by molar-refractivity contribution is 0.211. The molecule has 4 rings (SSSR count). The van der Waals surface area contributed by atoms with E-state index >= 15 is 0 Å². The van der Waals surface area contributed by atoms with Crippen molar-refractivity contribution in [3.05, 3.63) is 52.8 Å². The zero-order valence-corrected chi connectivity index (χ0v) is 16.4. The molecule has 1 saturated heterocycles. The van der Waals surface area contributed by atoms with Gasteiger partial charge in [0.15, 0.2) is 11.5 Å². The molecule has 3 aromatic rings. The highest BCUT2D eigenvalue weighted by atomic mass is 35.5. The molecule has 6 nitrogen and oxygen atoms in total. The molecule has 0 aliphatic carbocycles. The van der Waals surface area contributed by atoms with Gasteiger partial charge in [0.1, 0.15) is 12.1 Å². The molecule has 0 bridgehead atoms. The lowest BCUT2D eigenvalue weighted by atomic mass is 10.0. The number of benzene rings is 2. The summed E-state index contributed by atoms with van der Waals surface area (Å²) in [4.78, 5) is 11.2. The summed E-state index contributed by atoms with van der Waals surface area (Å²) in [7, 11) is 0. The molecule has 1 aromatic heterocycles. The summed E-state index contributed by atoms with van der Waals surface area (Å²) in [6.45, 7) is 4.65. The first kappa shape index (κ1) is 18.8. The number of phenolic OH excluding ortho intramolecular Hbond substituents is 2. The molecule has 0 saturated carbocycles. The number of phenols is 2. The summed E-state index contributed by atoms with van der Waals surface area (Å²) in [5.41, 5.74) is 2.96. The fourth-order valence-electron chi connectivity index (χ4n) is 3.77. The Morgan fingerprint density at radius 3 is 2.64 bits per heavy atom. The number of anilines is 1. The number of rotatable bonds is 4. The topological polar surface area (TPSA) is 81.5 Å². The summed E-state index contributed by atoms with van der Waals surface area (Å²) in [5.74, 6) is 0.676. The van der Waals surface area contributed by atoms with Crippen molar-refractivity contribution in [2.45, 2.75) is 32.4 Å². The predicted octanol–water partition coefficient (Wildman–Crippen LogP) is 4.08. The van der Waals surface area contributed by atoms with Crippen molar-refractivity contribution in [3.63, 3.8) is 0 Å². The van der Waals surface area contributed by atoms with E-state index in [1.807, 2.05) is 25.1 Å². The molecule has 0 amide bonds. The maximum atomic E-state index is 9.66. The largest absolute Gasteiger partial charge is 0.504 e. The van der Waals surface area contributed by atoms with Gasteiger partial charge in [0, 0.05) is 36.1 Å². The minimum absolute atomic E-state index is 0.0707. The van der Waals surface area contributed by atoms with Crippen LogP contribution < -0.4 is 5.32 Å². The second-order valence-electron chi connectivity index (χ2n) is 7.36. The van der Waals surface area contributed by atoms with Gasteiger partial charge in [0.2, 0.25) is 0 Å². The first-order valence-electron chi connectivity index (χ1n) is 9.40. The fraction of sp³-hybridized carbons (Fsp3) is 0.333. The van der Waals surface area contributed by atoms with Crippen LogP contribution in [0.15, 0.2) is 36.7 Å². The lowest BCUT2D eigenvalue weighted by Gasteiger charge is -2.32. The number of aromatic nitrogens is 2. The third-order valence-corrected chi connectivity index (χ3v) is 5.49. The number of aryl methyl sites for hydroxylation is 1. The van der Waals surface area contributed by atoms with Crippen LogP contribution in [0.1, 0.15) is 24.0 Å². The second-order valence-corrected chi connectivity index (χ2v) is 7.80. The van der Waals surface area contributed by atoms with E-state index in [1.54, 1.807) is 12.4 Å². The zero-order chi connectivity index (χ0) is 19.7. The summed E-state index contributed by atoms with van der Waals surface area (Å²) in [6, 6.07) is 9.17. The third kappa shape index (κ3) is 3.98. The Balaban J connectivity index is 1.41. The summed E-state index contributed by atoms with van der Waals surface area (Å²) in [5, 5.41) is 24.3. The Kier molecular flexibility index (Phi) is 5.24. The van der Waals surface area contributed by atoms with Gasteiger partial charge >= 0.3 is 0 Å². The SMILES string of the molecule is Cc1cc(Cl)cc2c(NC3CCN(Cc4ccc(O)c(O)c4)CC3)ncnc12. The Bertz CT molecular complexity index is 1000. The van der Waals surface area contributed by atoms with Crippen molar-refractivity contribution in [2.75, 3.05) is 18.4 Å². The zero-order valence-electron chi connectivity index (χ0n) is 15.7. The Hall–Kier alpha value is -2.57. The molecule has 1 aliphatic rings. The van der Waals surface area contributed by atoms with Gasteiger partial charge in [-0.2, -0.15) is 0 Å². The lowest BCUT2D eigenvalue weighted by Crippen LogP contribution is -2.38. The molecule has 3 N–H and O–H groups in total. The van der Waals surface area contributed by atoms with Gasteiger partial charge in [-0.05, 0) is 55.2 Å². The number of halogens is 1. The van der Waals surface area contributed by atoms with Gasteiger partial charge in [0.25, 0.3) is 0 Å². The Morgan fingerprint density at radius 1 is 1.11 bits per heavy atom. The van der Waals surface area contributed by atoms with Gasteiger partial charge in [0.05, 0.1) is 5.52 Å². The van der Waals surface area contributed by atoms with E-state index in [4.69, 9.17) is 11.6 Å². The molecular weight excluding hydrogens is 376 g/mol. The normalized spacial score (nSPS) is 15.8. The predicted molar refractivity (Wildman–Crippen MR) is 111 cm³/mol.